The molecule has 0 amide bonds. The number of nitrogens with zero attached hydrogens (tertiary/aromatic N) is 2. The molecular formula is C22H30N2. The first-order valence-corrected chi connectivity index (χ1v) is 9.00. The molecule has 0 aliphatic rings. The van der Waals surface area contributed by atoms with Gasteiger partial charge in [-0.15, -0.1) is 0 Å². The lowest BCUT2D eigenvalue weighted by Crippen LogP contribution is -2.14. The van der Waals surface area contributed by atoms with Gasteiger partial charge in [0.15, 0.2) is 0 Å². The minimum absolute atomic E-state index is 0.962. The molecule has 2 rings (SSSR count). The smallest absolute Gasteiger partial charge is 0.0909 e. The predicted octanol–water partition coefficient (Wildman–Crippen LogP) is 5.92. The summed E-state index contributed by atoms with van der Waals surface area (Å²) in [5.74, 6) is 0. The van der Waals surface area contributed by atoms with Gasteiger partial charge in [0.2, 0.25) is 0 Å². The summed E-state index contributed by atoms with van der Waals surface area (Å²) in [6.45, 7) is 9.63. The predicted molar refractivity (Wildman–Crippen MR) is 106 cm³/mol. The van der Waals surface area contributed by atoms with E-state index < -0.39 is 0 Å². The van der Waals surface area contributed by atoms with E-state index >= 15 is 0 Å². The third-order valence-electron chi connectivity index (χ3n) is 4.52. The van der Waals surface area contributed by atoms with Gasteiger partial charge in [0, 0.05) is 13.6 Å². The van der Waals surface area contributed by atoms with Crippen molar-refractivity contribution in [2.45, 2.75) is 47.0 Å². The Kier molecular flexibility index (Phi) is 6.60. The summed E-state index contributed by atoms with van der Waals surface area (Å²) in [5, 5.41) is 0. The molecule has 24 heavy (non-hydrogen) atoms. The van der Waals surface area contributed by atoms with E-state index in [9.17, 15) is 0 Å². The summed E-state index contributed by atoms with van der Waals surface area (Å²) in [4.78, 5) is 6.70. The van der Waals surface area contributed by atoms with Crippen molar-refractivity contribution < 1.29 is 0 Å². The summed E-state index contributed by atoms with van der Waals surface area (Å²) in [6.07, 6.45) is 5.59. The molecule has 0 saturated heterocycles. The monoisotopic (exact) mass is 322 g/mol. The van der Waals surface area contributed by atoms with Gasteiger partial charge in [-0.2, -0.15) is 0 Å². The molecule has 0 aromatic heterocycles. The molecule has 0 radical (unpaired) electrons. The average Bonchev–Trinajstić information content (AvgIpc) is 2.60. The molecule has 0 spiro atoms. The highest BCUT2D eigenvalue weighted by Gasteiger charge is 2.06. The molecule has 2 aromatic rings. The van der Waals surface area contributed by atoms with Crippen LogP contribution in [-0.4, -0.2) is 24.8 Å². The van der Waals surface area contributed by atoms with Gasteiger partial charge in [0.25, 0.3) is 0 Å². The Morgan fingerprint density at radius 3 is 2.33 bits per heavy atom. The maximum absolute atomic E-state index is 4.62. The Hall–Kier alpha value is -2.09. The maximum atomic E-state index is 4.62. The van der Waals surface area contributed by atoms with Gasteiger partial charge in [-0.25, -0.2) is 4.99 Å². The minimum Gasteiger partial charge on any atom is -0.366 e. The first-order valence-electron chi connectivity index (χ1n) is 9.00. The molecule has 128 valence electrons. The molecule has 0 saturated carbocycles. The van der Waals surface area contributed by atoms with Crippen LogP contribution >= 0.6 is 0 Å². The molecule has 2 heteroatoms. The van der Waals surface area contributed by atoms with Crippen molar-refractivity contribution >= 4 is 12.0 Å². The summed E-state index contributed by atoms with van der Waals surface area (Å²) < 4.78 is 0. The highest BCUT2D eigenvalue weighted by molar-refractivity contribution is 5.73. The largest absolute Gasteiger partial charge is 0.366 e. The zero-order valence-corrected chi connectivity index (χ0v) is 15.8. The highest BCUT2D eigenvalue weighted by Crippen LogP contribution is 2.30. The first kappa shape index (κ1) is 18.3. The van der Waals surface area contributed by atoms with Crippen molar-refractivity contribution in [3.8, 4) is 11.1 Å². The van der Waals surface area contributed by atoms with E-state index in [1.54, 1.807) is 0 Å². The van der Waals surface area contributed by atoms with Crippen molar-refractivity contribution in [1.82, 2.24) is 4.90 Å². The molecule has 0 aliphatic carbocycles. The van der Waals surface area contributed by atoms with Gasteiger partial charge >= 0.3 is 0 Å². The SMILES string of the molecule is CCCCc1ccc(-c2cc(C)c(N=CN(C)CC)cc2C)cc1. The van der Waals surface area contributed by atoms with Gasteiger partial charge < -0.3 is 4.90 Å². The van der Waals surface area contributed by atoms with Crippen molar-refractivity contribution in [3.63, 3.8) is 0 Å². The van der Waals surface area contributed by atoms with Crippen LogP contribution in [0, 0.1) is 13.8 Å². The van der Waals surface area contributed by atoms with Crippen molar-refractivity contribution in [3.05, 3.63) is 53.1 Å². The van der Waals surface area contributed by atoms with E-state index in [0.29, 0.717) is 0 Å². The molecule has 2 aromatic carbocycles. The lowest BCUT2D eigenvalue weighted by Gasteiger charge is -2.12. The number of rotatable bonds is 7. The Morgan fingerprint density at radius 2 is 1.71 bits per heavy atom. The number of aryl methyl sites for hydroxylation is 3. The van der Waals surface area contributed by atoms with E-state index in [-0.39, 0.29) is 0 Å². The molecule has 0 heterocycles. The number of hydrogen-bond donors (Lipinski definition) is 0. The van der Waals surface area contributed by atoms with Crippen LogP contribution in [0.2, 0.25) is 0 Å². The molecule has 0 N–H and O–H groups in total. The standard InChI is InChI=1S/C22H30N2/c1-6-8-9-19-10-12-20(13-11-19)21-14-18(4)22(15-17(21)3)23-16-24(5)7-2/h10-16H,6-9H2,1-5H3. The van der Waals surface area contributed by atoms with Crippen LogP contribution in [0.3, 0.4) is 0 Å². The van der Waals surface area contributed by atoms with E-state index in [0.717, 1.165) is 12.2 Å². The zero-order valence-electron chi connectivity index (χ0n) is 15.8. The van der Waals surface area contributed by atoms with Crippen LogP contribution < -0.4 is 0 Å². The molecular weight excluding hydrogens is 292 g/mol. The van der Waals surface area contributed by atoms with Gasteiger partial charge in [0.1, 0.15) is 0 Å². The second kappa shape index (κ2) is 8.68. The zero-order chi connectivity index (χ0) is 17.5. The molecule has 0 bridgehead atoms. The number of unbranched alkanes of at least 4 members (excludes halogenated alkanes) is 1. The number of aliphatic imine (C=N–C) groups is 1. The quantitative estimate of drug-likeness (QED) is 0.456. The van der Waals surface area contributed by atoms with Gasteiger partial charge in [-0.3, -0.25) is 0 Å². The first-order chi connectivity index (χ1) is 11.5. The lowest BCUT2D eigenvalue weighted by molar-refractivity contribution is 0.552. The van der Waals surface area contributed by atoms with E-state index in [1.165, 1.54) is 47.1 Å². The van der Waals surface area contributed by atoms with Crippen LogP contribution in [0.15, 0.2) is 41.4 Å². The fourth-order valence-electron chi connectivity index (χ4n) is 2.73. The Balaban J connectivity index is 2.25. The topological polar surface area (TPSA) is 15.6 Å². The Morgan fingerprint density at radius 1 is 1.00 bits per heavy atom. The van der Waals surface area contributed by atoms with Gasteiger partial charge in [0.05, 0.1) is 12.0 Å². The minimum atomic E-state index is 0.962. The number of benzene rings is 2. The molecule has 0 aliphatic heterocycles. The summed E-state index contributed by atoms with van der Waals surface area (Å²) in [7, 11) is 2.04. The van der Waals surface area contributed by atoms with E-state index in [1.807, 2.05) is 13.4 Å². The fraction of sp³-hybridized carbons (Fsp3) is 0.409. The maximum Gasteiger partial charge on any atom is 0.0909 e. The number of hydrogen-bond acceptors (Lipinski definition) is 1. The Bertz CT molecular complexity index is 684. The summed E-state index contributed by atoms with van der Waals surface area (Å²) in [6, 6.07) is 13.5. The van der Waals surface area contributed by atoms with E-state index in [4.69, 9.17) is 0 Å². The summed E-state index contributed by atoms with van der Waals surface area (Å²) >= 11 is 0. The van der Waals surface area contributed by atoms with Crippen LogP contribution in [0.25, 0.3) is 11.1 Å². The van der Waals surface area contributed by atoms with Crippen LogP contribution in [0.4, 0.5) is 5.69 Å². The van der Waals surface area contributed by atoms with Gasteiger partial charge in [-0.1, -0.05) is 37.6 Å². The Labute approximate surface area is 147 Å². The van der Waals surface area contributed by atoms with Crippen LogP contribution in [-0.2, 0) is 6.42 Å². The van der Waals surface area contributed by atoms with Crippen LogP contribution in [0.5, 0.6) is 0 Å². The highest BCUT2D eigenvalue weighted by atomic mass is 15.1. The average molecular weight is 322 g/mol. The third kappa shape index (κ3) is 4.70. The second-order valence-corrected chi connectivity index (χ2v) is 6.57. The van der Waals surface area contributed by atoms with Crippen LogP contribution in [0.1, 0.15) is 43.4 Å². The third-order valence-corrected chi connectivity index (χ3v) is 4.52. The van der Waals surface area contributed by atoms with Crippen molar-refractivity contribution in [2.75, 3.05) is 13.6 Å². The molecule has 2 nitrogen and oxygen atoms in total. The normalized spacial score (nSPS) is 11.2. The van der Waals surface area contributed by atoms with E-state index in [2.05, 4.69) is 74.0 Å². The molecule has 0 unspecified atom stereocenters. The second-order valence-electron chi connectivity index (χ2n) is 6.57. The van der Waals surface area contributed by atoms with Gasteiger partial charge in [-0.05, 0) is 73.6 Å². The lowest BCUT2D eigenvalue weighted by atomic mass is 9.96. The molecule has 0 atom stereocenters. The van der Waals surface area contributed by atoms with Crippen molar-refractivity contribution in [1.29, 1.82) is 0 Å². The fourth-order valence-corrected chi connectivity index (χ4v) is 2.73. The van der Waals surface area contributed by atoms with Crippen molar-refractivity contribution in [2.24, 2.45) is 4.99 Å². The summed E-state index contributed by atoms with van der Waals surface area (Å²) in [5.41, 5.74) is 7.56. The molecule has 0 fully saturated rings.